The number of aromatic nitrogens is 1. The molecule has 1 aliphatic rings. The monoisotopic (exact) mass is 210 g/mol. The molecule has 1 saturated heterocycles. The molecule has 0 bridgehead atoms. The zero-order valence-electron chi connectivity index (χ0n) is 9.07. The molecule has 15 heavy (non-hydrogen) atoms. The summed E-state index contributed by atoms with van der Waals surface area (Å²) in [6.45, 7) is 4.11. The summed E-state index contributed by atoms with van der Waals surface area (Å²) in [6, 6.07) is 0. The molecule has 84 valence electrons. The van der Waals surface area contributed by atoms with Crippen LogP contribution in [0.25, 0.3) is 0 Å². The van der Waals surface area contributed by atoms with Crippen LogP contribution < -0.4 is 5.32 Å². The molecule has 1 aromatic heterocycles. The highest BCUT2D eigenvalue weighted by atomic mass is 16.3. The second kappa shape index (κ2) is 4.77. The molecule has 0 saturated carbocycles. The normalized spacial score (nSPS) is 24.0. The van der Waals surface area contributed by atoms with Crippen molar-refractivity contribution in [2.45, 2.75) is 31.6 Å². The lowest BCUT2D eigenvalue weighted by atomic mass is 10.00. The van der Waals surface area contributed by atoms with E-state index in [-0.39, 0.29) is 12.5 Å². The smallest absolute Gasteiger partial charge is 0.198 e. The number of hydrogen-bond donors (Lipinski definition) is 2. The molecule has 2 unspecified atom stereocenters. The highest BCUT2D eigenvalue weighted by Gasteiger charge is 2.21. The maximum Gasteiger partial charge on any atom is 0.198 e. The summed E-state index contributed by atoms with van der Waals surface area (Å²) >= 11 is 0. The number of rotatable bonds is 3. The Morgan fingerprint density at radius 2 is 2.60 bits per heavy atom. The fourth-order valence-corrected chi connectivity index (χ4v) is 1.87. The van der Waals surface area contributed by atoms with E-state index in [1.54, 1.807) is 6.26 Å². The fraction of sp³-hybridized carbons (Fsp3) is 0.727. The highest BCUT2D eigenvalue weighted by Crippen LogP contribution is 2.24. The van der Waals surface area contributed by atoms with E-state index in [1.165, 1.54) is 6.42 Å². The van der Waals surface area contributed by atoms with Crippen LogP contribution in [0.3, 0.4) is 0 Å². The van der Waals surface area contributed by atoms with Gasteiger partial charge in [0.15, 0.2) is 5.89 Å². The molecule has 1 aliphatic heterocycles. The zero-order valence-corrected chi connectivity index (χ0v) is 9.07. The Balaban J connectivity index is 2.05. The van der Waals surface area contributed by atoms with Crippen molar-refractivity contribution in [1.82, 2.24) is 10.3 Å². The highest BCUT2D eigenvalue weighted by molar-refractivity contribution is 5.06. The fourth-order valence-electron chi connectivity index (χ4n) is 1.87. The molecule has 0 aromatic carbocycles. The molecule has 2 heterocycles. The van der Waals surface area contributed by atoms with Crippen molar-refractivity contribution < 1.29 is 9.52 Å². The third-order valence-electron chi connectivity index (χ3n) is 2.96. The SMILES string of the molecule is CC(CO)c1coc(C2CCCNC2)n1. The first-order valence-electron chi connectivity index (χ1n) is 5.58. The molecule has 2 atom stereocenters. The number of nitrogens with one attached hydrogen (secondary N) is 1. The lowest BCUT2D eigenvalue weighted by molar-refractivity contribution is 0.271. The van der Waals surface area contributed by atoms with Crippen LogP contribution in [0.5, 0.6) is 0 Å². The van der Waals surface area contributed by atoms with Crippen LogP contribution in [-0.4, -0.2) is 29.8 Å². The van der Waals surface area contributed by atoms with Crippen molar-refractivity contribution >= 4 is 0 Å². The number of hydrogen-bond acceptors (Lipinski definition) is 4. The van der Waals surface area contributed by atoms with Crippen LogP contribution >= 0.6 is 0 Å². The first-order valence-corrected chi connectivity index (χ1v) is 5.58. The maximum atomic E-state index is 9.01. The van der Waals surface area contributed by atoms with Crippen LogP contribution in [0.2, 0.25) is 0 Å². The maximum absolute atomic E-state index is 9.01. The molecule has 0 spiro atoms. The molecule has 0 radical (unpaired) electrons. The molecule has 4 nitrogen and oxygen atoms in total. The lowest BCUT2D eigenvalue weighted by Crippen LogP contribution is -2.28. The van der Waals surface area contributed by atoms with Gasteiger partial charge in [-0.1, -0.05) is 6.92 Å². The van der Waals surface area contributed by atoms with Crippen LogP contribution in [-0.2, 0) is 0 Å². The summed E-state index contributed by atoms with van der Waals surface area (Å²) in [7, 11) is 0. The summed E-state index contributed by atoms with van der Waals surface area (Å²) in [5, 5.41) is 12.4. The van der Waals surface area contributed by atoms with E-state index < -0.39 is 0 Å². The van der Waals surface area contributed by atoms with Crippen LogP contribution in [0.4, 0.5) is 0 Å². The Bertz CT molecular complexity index is 305. The largest absolute Gasteiger partial charge is 0.448 e. The van der Waals surface area contributed by atoms with E-state index in [0.717, 1.165) is 31.1 Å². The number of aliphatic hydroxyl groups is 1. The van der Waals surface area contributed by atoms with Gasteiger partial charge >= 0.3 is 0 Å². The number of nitrogens with zero attached hydrogens (tertiary/aromatic N) is 1. The van der Waals surface area contributed by atoms with Gasteiger partial charge in [0.2, 0.25) is 0 Å². The van der Waals surface area contributed by atoms with Crippen molar-refractivity contribution in [2.24, 2.45) is 0 Å². The Kier molecular flexibility index (Phi) is 3.38. The summed E-state index contributed by atoms with van der Waals surface area (Å²) in [5.41, 5.74) is 0.859. The molecular weight excluding hydrogens is 192 g/mol. The standard InChI is InChI=1S/C11H18N2O2/c1-8(6-14)10-7-15-11(13-10)9-3-2-4-12-5-9/h7-9,12,14H,2-6H2,1H3. The van der Waals surface area contributed by atoms with E-state index >= 15 is 0 Å². The van der Waals surface area contributed by atoms with Crippen molar-refractivity contribution in [3.05, 3.63) is 17.8 Å². The van der Waals surface area contributed by atoms with E-state index in [2.05, 4.69) is 10.3 Å². The molecular formula is C11H18N2O2. The van der Waals surface area contributed by atoms with Gasteiger partial charge in [0, 0.05) is 18.4 Å². The second-order valence-corrected chi connectivity index (χ2v) is 4.24. The van der Waals surface area contributed by atoms with Gasteiger partial charge in [-0.25, -0.2) is 4.98 Å². The van der Waals surface area contributed by atoms with E-state index in [4.69, 9.17) is 9.52 Å². The van der Waals surface area contributed by atoms with Gasteiger partial charge < -0.3 is 14.8 Å². The van der Waals surface area contributed by atoms with Crippen molar-refractivity contribution in [3.8, 4) is 0 Å². The molecule has 0 aliphatic carbocycles. The third-order valence-corrected chi connectivity index (χ3v) is 2.96. The Morgan fingerprint density at radius 1 is 1.73 bits per heavy atom. The van der Waals surface area contributed by atoms with Crippen LogP contribution in [0.1, 0.15) is 43.2 Å². The van der Waals surface area contributed by atoms with E-state index in [0.29, 0.717) is 5.92 Å². The van der Waals surface area contributed by atoms with Crippen LogP contribution in [0, 0.1) is 0 Å². The minimum atomic E-state index is 0.0686. The second-order valence-electron chi connectivity index (χ2n) is 4.24. The first-order chi connectivity index (χ1) is 7.31. The molecule has 4 heteroatoms. The summed E-state index contributed by atoms with van der Waals surface area (Å²) in [5.74, 6) is 1.29. The Labute approximate surface area is 89.7 Å². The summed E-state index contributed by atoms with van der Waals surface area (Å²) in [4.78, 5) is 4.44. The summed E-state index contributed by atoms with van der Waals surface area (Å²) < 4.78 is 5.46. The Morgan fingerprint density at radius 3 is 3.27 bits per heavy atom. The van der Waals surface area contributed by atoms with Gasteiger partial charge in [0.05, 0.1) is 12.3 Å². The quantitative estimate of drug-likeness (QED) is 0.788. The number of aliphatic hydroxyl groups excluding tert-OH is 1. The minimum absolute atomic E-state index is 0.0686. The number of oxazole rings is 1. The lowest BCUT2D eigenvalue weighted by Gasteiger charge is -2.19. The van der Waals surface area contributed by atoms with Crippen molar-refractivity contribution in [2.75, 3.05) is 19.7 Å². The van der Waals surface area contributed by atoms with Crippen molar-refractivity contribution in [1.29, 1.82) is 0 Å². The first kappa shape index (κ1) is 10.6. The topological polar surface area (TPSA) is 58.3 Å². The predicted octanol–water partition coefficient (Wildman–Crippen LogP) is 1.24. The molecule has 1 fully saturated rings. The van der Waals surface area contributed by atoms with Gasteiger partial charge in [-0.3, -0.25) is 0 Å². The van der Waals surface area contributed by atoms with Gasteiger partial charge in [-0.15, -0.1) is 0 Å². The predicted molar refractivity (Wildman–Crippen MR) is 56.8 cm³/mol. The molecule has 0 amide bonds. The minimum Gasteiger partial charge on any atom is -0.448 e. The third kappa shape index (κ3) is 2.38. The molecule has 2 rings (SSSR count). The van der Waals surface area contributed by atoms with Gasteiger partial charge in [0.1, 0.15) is 6.26 Å². The van der Waals surface area contributed by atoms with Gasteiger partial charge in [0.25, 0.3) is 0 Å². The summed E-state index contributed by atoms with van der Waals surface area (Å²) in [6.07, 6.45) is 3.99. The molecule has 2 N–H and O–H groups in total. The van der Waals surface area contributed by atoms with E-state index in [9.17, 15) is 0 Å². The van der Waals surface area contributed by atoms with Gasteiger partial charge in [-0.2, -0.15) is 0 Å². The van der Waals surface area contributed by atoms with Gasteiger partial charge in [-0.05, 0) is 19.4 Å². The zero-order chi connectivity index (χ0) is 10.7. The average Bonchev–Trinajstić information content (AvgIpc) is 2.78. The molecule has 1 aromatic rings. The van der Waals surface area contributed by atoms with E-state index in [1.807, 2.05) is 6.92 Å². The average molecular weight is 210 g/mol. The van der Waals surface area contributed by atoms with Crippen LogP contribution in [0.15, 0.2) is 10.7 Å². The number of piperidine rings is 1. The van der Waals surface area contributed by atoms with Crippen molar-refractivity contribution in [3.63, 3.8) is 0 Å². The Hall–Kier alpha value is -0.870.